The molecule has 2 aromatic carbocycles. The number of methoxy groups -OCH3 is 1. The molecule has 2 aromatic rings. The average Bonchev–Trinajstić information content (AvgIpc) is 3.24. The first-order chi connectivity index (χ1) is 17.0. The van der Waals surface area contributed by atoms with Crippen molar-refractivity contribution in [2.75, 3.05) is 26.7 Å². The van der Waals surface area contributed by atoms with E-state index in [1.54, 1.807) is 24.1 Å². The summed E-state index contributed by atoms with van der Waals surface area (Å²) < 4.78 is 24.7. The highest BCUT2D eigenvalue weighted by Gasteiger charge is 2.51. The van der Waals surface area contributed by atoms with Crippen LogP contribution in [0.3, 0.4) is 0 Å². The van der Waals surface area contributed by atoms with Crippen LogP contribution in [-0.2, 0) is 14.9 Å². The van der Waals surface area contributed by atoms with Crippen LogP contribution in [0.4, 0.5) is 9.18 Å². The predicted octanol–water partition coefficient (Wildman–Crippen LogP) is 5.71. The first kappa shape index (κ1) is 26.0. The number of likely N-dealkylation sites (tertiary alicyclic amines) is 2. The largest absolute Gasteiger partial charge is 0.497 e. The average molecular weight is 497 g/mol. The Balaban J connectivity index is 1.57. The SMILES string of the molecule is COc1ccc(C(C)N2CCC(C3(c4ccc(F)cc4)CCN(C(=O)OC(C)(C)C)CC3)C2=O)cc1. The number of piperidine rings is 1. The fraction of sp³-hybridized carbons (Fsp3) is 0.517. The van der Waals surface area contributed by atoms with E-state index in [0.29, 0.717) is 32.5 Å². The maximum atomic E-state index is 13.9. The van der Waals surface area contributed by atoms with Crippen LogP contribution in [0.25, 0.3) is 0 Å². The van der Waals surface area contributed by atoms with Gasteiger partial charge in [0.2, 0.25) is 5.91 Å². The van der Waals surface area contributed by atoms with Crippen LogP contribution in [0.1, 0.15) is 64.1 Å². The third kappa shape index (κ3) is 5.20. The summed E-state index contributed by atoms with van der Waals surface area (Å²) in [6.45, 7) is 9.26. The summed E-state index contributed by atoms with van der Waals surface area (Å²) in [5.74, 6) is 0.369. The molecule has 0 spiro atoms. The molecule has 2 aliphatic heterocycles. The standard InChI is InChI=1S/C29H37FN2O4/c1-20(21-6-12-24(35-5)13-7-21)32-17-14-25(26(32)33)29(22-8-10-23(30)11-9-22)15-18-31(19-16-29)27(34)36-28(2,3)4/h6-13,20,25H,14-19H2,1-5H3. The molecule has 6 nitrogen and oxygen atoms in total. The molecule has 2 heterocycles. The summed E-state index contributed by atoms with van der Waals surface area (Å²) in [5, 5.41) is 0. The molecular formula is C29H37FN2O4. The Labute approximate surface area is 213 Å². The van der Waals surface area contributed by atoms with Crippen LogP contribution < -0.4 is 4.74 Å². The number of nitrogens with zero attached hydrogens (tertiary/aromatic N) is 2. The van der Waals surface area contributed by atoms with Crippen LogP contribution >= 0.6 is 0 Å². The lowest BCUT2D eigenvalue weighted by Crippen LogP contribution is -2.51. The highest BCUT2D eigenvalue weighted by Crippen LogP contribution is 2.48. The minimum Gasteiger partial charge on any atom is -0.497 e. The lowest BCUT2D eigenvalue weighted by Gasteiger charge is -2.45. The van der Waals surface area contributed by atoms with E-state index in [1.807, 2.05) is 49.9 Å². The molecule has 0 bridgehead atoms. The van der Waals surface area contributed by atoms with E-state index in [9.17, 15) is 14.0 Å². The number of benzene rings is 2. The second-order valence-corrected chi connectivity index (χ2v) is 11.0. The first-order valence-corrected chi connectivity index (χ1v) is 12.7. The van der Waals surface area contributed by atoms with Crippen molar-refractivity contribution in [2.24, 2.45) is 5.92 Å². The number of ether oxygens (including phenoxy) is 2. The van der Waals surface area contributed by atoms with Gasteiger partial charge in [-0.05, 0) is 82.3 Å². The molecule has 2 unspecified atom stereocenters. The summed E-state index contributed by atoms with van der Waals surface area (Å²) in [7, 11) is 1.63. The number of hydrogen-bond donors (Lipinski definition) is 0. The number of rotatable bonds is 5. The number of hydrogen-bond acceptors (Lipinski definition) is 4. The molecule has 194 valence electrons. The van der Waals surface area contributed by atoms with Gasteiger partial charge in [0.1, 0.15) is 17.2 Å². The van der Waals surface area contributed by atoms with Crippen molar-refractivity contribution in [3.8, 4) is 5.75 Å². The topological polar surface area (TPSA) is 59.1 Å². The fourth-order valence-electron chi connectivity index (χ4n) is 5.70. The molecule has 0 saturated carbocycles. The maximum Gasteiger partial charge on any atom is 0.410 e. The minimum absolute atomic E-state index is 0.0690. The van der Waals surface area contributed by atoms with Crippen molar-refractivity contribution in [1.29, 1.82) is 0 Å². The summed E-state index contributed by atoms with van der Waals surface area (Å²) in [6, 6.07) is 14.3. The van der Waals surface area contributed by atoms with Gasteiger partial charge in [0.25, 0.3) is 0 Å². The van der Waals surface area contributed by atoms with Crippen molar-refractivity contribution >= 4 is 12.0 Å². The lowest BCUT2D eigenvalue weighted by molar-refractivity contribution is -0.135. The summed E-state index contributed by atoms with van der Waals surface area (Å²) in [6.07, 6.45) is 1.64. The van der Waals surface area contributed by atoms with E-state index in [-0.39, 0.29) is 29.8 Å². The zero-order chi connectivity index (χ0) is 26.1. The Morgan fingerprint density at radius 1 is 1.03 bits per heavy atom. The second kappa shape index (κ2) is 10.1. The van der Waals surface area contributed by atoms with E-state index in [1.165, 1.54) is 12.1 Å². The van der Waals surface area contributed by atoms with Crippen molar-refractivity contribution < 1.29 is 23.5 Å². The van der Waals surface area contributed by atoms with Gasteiger partial charge in [-0.1, -0.05) is 24.3 Å². The first-order valence-electron chi connectivity index (χ1n) is 12.7. The highest BCUT2D eigenvalue weighted by molar-refractivity contribution is 5.83. The Kier molecular flexibility index (Phi) is 7.30. The number of carbonyl (C=O) groups is 2. The van der Waals surface area contributed by atoms with E-state index >= 15 is 0 Å². The Morgan fingerprint density at radius 3 is 2.19 bits per heavy atom. The third-order valence-corrected chi connectivity index (χ3v) is 7.70. The molecule has 2 amide bonds. The monoisotopic (exact) mass is 496 g/mol. The molecule has 2 saturated heterocycles. The highest BCUT2D eigenvalue weighted by atomic mass is 19.1. The minimum atomic E-state index is -0.567. The smallest absolute Gasteiger partial charge is 0.410 e. The molecule has 0 N–H and O–H groups in total. The lowest BCUT2D eigenvalue weighted by atomic mass is 9.63. The van der Waals surface area contributed by atoms with Gasteiger partial charge in [-0.25, -0.2) is 9.18 Å². The van der Waals surface area contributed by atoms with Crippen LogP contribution in [0.2, 0.25) is 0 Å². The molecule has 4 rings (SSSR count). The quantitative estimate of drug-likeness (QED) is 0.532. The van der Waals surface area contributed by atoms with Gasteiger partial charge < -0.3 is 19.3 Å². The molecule has 2 fully saturated rings. The van der Waals surface area contributed by atoms with Crippen LogP contribution in [-0.4, -0.2) is 54.1 Å². The van der Waals surface area contributed by atoms with Crippen molar-refractivity contribution in [2.45, 2.75) is 64.0 Å². The molecular weight excluding hydrogens is 459 g/mol. The van der Waals surface area contributed by atoms with E-state index in [2.05, 4.69) is 6.92 Å². The van der Waals surface area contributed by atoms with Gasteiger partial charge in [0, 0.05) is 31.0 Å². The fourth-order valence-corrected chi connectivity index (χ4v) is 5.70. The van der Waals surface area contributed by atoms with Crippen molar-refractivity contribution in [1.82, 2.24) is 9.80 Å². The second-order valence-electron chi connectivity index (χ2n) is 11.0. The van der Waals surface area contributed by atoms with Gasteiger partial charge in [0.15, 0.2) is 0 Å². The zero-order valence-electron chi connectivity index (χ0n) is 21.9. The van der Waals surface area contributed by atoms with Crippen molar-refractivity contribution in [3.05, 3.63) is 65.5 Å². The molecule has 7 heteroatoms. The number of halogens is 1. The molecule has 0 radical (unpaired) electrons. The van der Waals surface area contributed by atoms with Gasteiger partial charge in [-0.15, -0.1) is 0 Å². The predicted molar refractivity (Wildman–Crippen MR) is 136 cm³/mol. The van der Waals surface area contributed by atoms with Crippen molar-refractivity contribution in [3.63, 3.8) is 0 Å². The summed E-state index contributed by atoms with van der Waals surface area (Å²) >= 11 is 0. The van der Waals surface area contributed by atoms with Crippen LogP contribution in [0.5, 0.6) is 5.75 Å². The molecule has 36 heavy (non-hydrogen) atoms. The van der Waals surface area contributed by atoms with Gasteiger partial charge >= 0.3 is 6.09 Å². The number of amides is 2. The van der Waals surface area contributed by atoms with E-state index in [4.69, 9.17) is 9.47 Å². The van der Waals surface area contributed by atoms with Crippen LogP contribution in [0.15, 0.2) is 48.5 Å². The number of carbonyl (C=O) groups excluding carboxylic acids is 2. The van der Waals surface area contributed by atoms with Gasteiger partial charge in [-0.2, -0.15) is 0 Å². The van der Waals surface area contributed by atoms with E-state index < -0.39 is 11.0 Å². The summed E-state index contributed by atoms with van der Waals surface area (Å²) in [5.41, 5.74) is 0.991. The molecule has 2 atom stereocenters. The molecule has 0 aliphatic carbocycles. The zero-order valence-corrected chi connectivity index (χ0v) is 21.9. The van der Waals surface area contributed by atoms with Gasteiger partial charge in [0.05, 0.1) is 13.2 Å². The summed E-state index contributed by atoms with van der Waals surface area (Å²) in [4.78, 5) is 30.3. The third-order valence-electron chi connectivity index (χ3n) is 7.70. The molecule has 0 aromatic heterocycles. The van der Waals surface area contributed by atoms with E-state index in [0.717, 1.165) is 23.3 Å². The Bertz CT molecular complexity index is 1070. The normalized spacial score (nSPS) is 20.8. The maximum absolute atomic E-state index is 13.9. The Hall–Kier alpha value is -3.09. The van der Waals surface area contributed by atoms with Gasteiger partial charge in [-0.3, -0.25) is 4.79 Å². The Morgan fingerprint density at radius 2 is 1.64 bits per heavy atom. The molecule has 2 aliphatic rings. The van der Waals surface area contributed by atoms with Crippen LogP contribution in [0, 0.1) is 11.7 Å².